The van der Waals surface area contributed by atoms with Crippen molar-refractivity contribution in [2.24, 2.45) is 5.41 Å². The van der Waals surface area contributed by atoms with Crippen LogP contribution in [-0.4, -0.2) is 10.9 Å². The van der Waals surface area contributed by atoms with Crippen LogP contribution < -0.4 is 5.32 Å². The first kappa shape index (κ1) is 15.5. The third kappa shape index (κ3) is 3.60. The average molecular weight is 284 g/mol. The summed E-state index contributed by atoms with van der Waals surface area (Å²) in [6, 6.07) is 9.96. The molecule has 0 spiro atoms. The summed E-state index contributed by atoms with van der Waals surface area (Å²) in [5.74, 6) is 0.0149. The minimum atomic E-state index is -0.400. The van der Waals surface area contributed by atoms with E-state index in [-0.39, 0.29) is 11.3 Å². The van der Waals surface area contributed by atoms with Crippen molar-refractivity contribution in [3.63, 3.8) is 0 Å². The van der Waals surface area contributed by atoms with Crippen LogP contribution in [0, 0.1) is 5.41 Å². The van der Waals surface area contributed by atoms with Gasteiger partial charge in [-0.15, -0.1) is 0 Å². The van der Waals surface area contributed by atoms with Crippen molar-refractivity contribution < 1.29 is 4.79 Å². The normalized spacial score (nSPS) is 12.5. The van der Waals surface area contributed by atoms with Gasteiger partial charge in [-0.25, -0.2) is 0 Å². The summed E-state index contributed by atoms with van der Waals surface area (Å²) in [5, 5.41) is 3.99. The number of hydrogen-bond donors (Lipinski definition) is 1. The molecule has 1 heterocycles. The van der Waals surface area contributed by atoms with Gasteiger partial charge in [-0.3, -0.25) is 9.78 Å². The fourth-order valence-electron chi connectivity index (χ4n) is 1.94. The van der Waals surface area contributed by atoms with E-state index in [0.29, 0.717) is 0 Å². The second kappa shape index (κ2) is 5.14. The first-order chi connectivity index (χ1) is 9.57. The van der Waals surface area contributed by atoms with Crippen molar-refractivity contribution >= 4 is 22.5 Å². The largest absolute Gasteiger partial charge is 0.326 e. The van der Waals surface area contributed by atoms with E-state index in [1.165, 1.54) is 0 Å². The van der Waals surface area contributed by atoms with Crippen molar-refractivity contribution in [2.45, 2.75) is 47.0 Å². The maximum Gasteiger partial charge on any atom is 0.229 e. The molecule has 1 aromatic heterocycles. The first-order valence-electron chi connectivity index (χ1n) is 7.30. The number of pyridine rings is 1. The molecule has 112 valence electrons. The number of amides is 1. The number of nitrogens with zero attached hydrogens (tertiary/aromatic N) is 1. The zero-order valence-corrected chi connectivity index (χ0v) is 13.7. The average Bonchev–Trinajstić information content (AvgIpc) is 2.35. The summed E-state index contributed by atoms with van der Waals surface area (Å²) in [5.41, 5.74) is 2.47. The fourth-order valence-corrected chi connectivity index (χ4v) is 1.94. The van der Waals surface area contributed by atoms with E-state index in [0.717, 1.165) is 22.3 Å². The van der Waals surface area contributed by atoms with Gasteiger partial charge in [-0.05, 0) is 24.3 Å². The molecule has 0 radical (unpaired) electrons. The van der Waals surface area contributed by atoms with Crippen molar-refractivity contribution in [3.05, 3.63) is 36.0 Å². The molecule has 1 aromatic carbocycles. The van der Waals surface area contributed by atoms with E-state index in [4.69, 9.17) is 4.98 Å². The molecule has 0 saturated carbocycles. The van der Waals surface area contributed by atoms with Gasteiger partial charge in [-0.2, -0.15) is 0 Å². The summed E-state index contributed by atoms with van der Waals surface area (Å²) >= 11 is 0. The van der Waals surface area contributed by atoms with Crippen molar-refractivity contribution in [2.75, 3.05) is 5.32 Å². The van der Waals surface area contributed by atoms with E-state index in [9.17, 15) is 4.79 Å². The molecule has 0 aliphatic carbocycles. The zero-order chi connectivity index (χ0) is 15.8. The van der Waals surface area contributed by atoms with E-state index in [2.05, 4.69) is 38.2 Å². The van der Waals surface area contributed by atoms with E-state index >= 15 is 0 Å². The van der Waals surface area contributed by atoms with Crippen LogP contribution in [0.25, 0.3) is 10.9 Å². The van der Waals surface area contributed by atoms with Gasteiger partial charge in [0.15, 0.2) is 0 Å². The maximum absolute atomic E-state index is 12.0. The third-order valence-electron chi connectivity index (χ3n) is 3.40. The molecule has 0 fully saturated rings. The number of rotatable bonds is 1. The molecule has 21 heavy (non-hydrogen) atoms. The standard InChI is InChI=1S/C18H24N2O/c1-17(2,3)15-10-7-12-11-13(8-9-14(12)20-15)19-16(21)18(4,5)6/h7-11H,1-6H3,(H,19,21). The lowest BCUT2D eigenvalue weighted by Gasteiger charge is -2.19. The van der Waals surface area contributed by atoms with Crippen LogP contribution >= 0.6 is 0 Å². The SMILES string of the molecule is CC(C)(C)C(=O)Nc1ccc2nc(C(C)(C)C)ccc2c1. The summed E-state index contributed by atoms with van der Waals surface area (Å²) in [6.07, 6.45) is 0. The number of carbonyl (C=O) groups is 1. The number of nitrogens with one attached hydrogen (secondary N) is 1. The molecule has 2 aromatic rings. The molecule has 0 aliphatic rings. The Hall–Kier alpha value is -1.90. The molecular weight excluding hydrogens is 260 g/mol. The molecule has 0 saturated heterocycles. The molecule has 0 unspecified atom stereocenters. The van der Waals surface area contributed by atoms with Crippen LogP contribution in [0.2, 0.25) is 0 Å². The van der Waals surface area contributed by atoms with Crippen molar-refractivity contribution in [1.82, 2.24) is 4.98 Å². The van der Waals surface area contributed by atoms with Gasteiger partial charge in [0.2, 0.25) is 5.91 Å². The number of anilines is 1. The first-order valence-corrected chi connectivity index (χ1v) is 7.30. The monoisotopic (exact) mass is 284 g/mol. The Kier molecular flexibility index (Phi) is 3.79. The van der Waals surface area contributed by atoms with Crippen LogP contribution in [0.1, 0.15) is 47.2 Å². The van der Waals surface area contributed by atoms with Crippen LogP contribution in [0.3, 0.4) is 0 Å². The highest BCUT2D eigenvalue weighted by atomic mass is 16.2. The Morgan fingerprint density at radius 3 is 2.24 bits per heavy atom. The topological polar surface area (TPSA) is 42.0 Å². The highest BCUT2D eigenvalue weighted by Gasteiger charge is 2.21. The van der Waals surface area contributed by atoms with Crippen LogP contribution in [0.4, 0.5) is 5.69 Å². The van der Waals surface area contributed by atoms with Crippen molar-refractivity contribution in [1.29, 1.82) is 0 Å². The smallest absolute Gasteiger partial charge is 0.229 e. The van der Waals surface area contributed by atoms with Gasteiger partial charge in [0.1, 0.15) is 0 Å². The third-order valence-corrected chi connectivity index (χ3v) is 3.40. The predicted octanol–water partition coefficient (Wildman–Crippen LogP) is 4.52. The van der Waals surface area contributed by atoms with Gasteiger partial charge in [0, 0.05) is 27.6 Å². The lowest BCUT2D eigenvalue weighted by atomic mass is 9.91. The Bertz CT molecular complexity index is 676. The Morgan fingerprint density at radius 2 is 1.67 bits per heavy atom. The molecule has 3 heteroatoms. The van der Waals surface area contributed by atoms with Gasteiger partial charge >= 0.3 is 0 Å². The van der Waals surface area contributed by atoms with Gasteiger partial charge < -0.3 is 5.32 Å². The van der Waals surface area contributed by atoms with Crippen molar-refractivity contribution in [3.8, 4) is 0 Å². The van der Waals surface area contributed by atoms with Crippen LogP contribution in [0.5, 0.6) is 0 Å². The van der Waals surface area contributed by atoms with E-state index in [1.807, 2.05) is 39.0 Å². The highest BCUT2D eigenvalue weighted by molar-refractivity contribution is 5.96. The lowest BCUT2D eigenvalue weighted by molar-refractivity contribution is -0.123. The van der Waals surface area contributed by atoms with Crippen LogP contribution in [0.15, 0.2) is 30.3 Å². The molecule has 0 bridgehead atoms. The number of aromatic nitrogens is 1. The number of fused-ring (bicyclic) bond motifs is 1. The molecule has 1 N–H and O–H groups in total. The van der Waals surface area contributed by atoms with Gasteiger partial charge in [0.05, 0.1) is 5.52 Å². The lowest BCUT2D eigenvalue weighted by Crippen LogP contribution is -2.27. The number of carbonyl (C=O) groups excluding carboxylic acids is 1. The maximum atomic E-state index is 12.0. The summed E-state index contributed by atoms with van der Waals surface area (Å²) < 4.78 is 0. The fraction of sp³-hybridized carbons (Fsp3) is 0.444. The number of hydrogen-bond acceptors (Lipinski definition) is 2. The van der Waals surface area contributed by atoms with E-state index < -0.39 is 5.41 Å². The summed E-state index contributed by atoms with van der Waals surface area (Å²) in [6.45, 7) is 12.2. The Labute approximate surface area is 126 Å². The number of benzene rings is 1. The quantitative estimate of drug-likeness (QED) is 0.836. The minimum absolute atomic E-state index is 0.0149. The van der Waals surface area contributed by atoms with Gasteiger partial charge in [-0.1, -0.05) is 47.6 Å². The Balaban J connectivity index is 2.34. The summed E-state index contributed by atoms with van der Waals surface area (Å²) in [4.78, 5) is 16.7. The van der Waals surface area contributed by atoms with E-state index in [1.54, 1.807) is 0 Å². The molecule has 0 aliphatic heterocycles. The van der Waals surface area contributed by atoms with Crippen LogP contribution in [-0.2, 0) is 10.2 Å². The molecular formula is C18H24N2O. The second-order valence-corrected chi connectivity index (χ2v) is 7.56. The molecule has 0 atom stereocenters. The minimum Gasteiger partial charge on any atom is -0.326 e. The predicted molar refractivity (Wildman–Crippen MR) is 88.5 cm³/mol. The molecule has 2 rings (SSSR count). The second-order valence-electron chi connectivity index (χ2n) is 7.56. The highest BCUT2D eigenvalue weighted by Crippen LogP contribution is 2.25. The zero-order valence-electron chi connectivity index (χ0n) is 13.7. The van der Waals surface area contributed by atoms with Gasteiger partial charge in [0.25, 0.3) is 0 Å². The molecule has 3 nitrogen and oxygen atoms in total. The molecule has 1 amide bonds. The Morgan fingerprint density at radius 1 is 1.00 bits per heavy atom. The summed E-state index contributed by atoms with van der Waals surface area (Å²) in [7, 11) is 0.